The van der Waals surface area contributed by atoms with Crippen molar-refractivity contribution in [3.05, 3.63) is 57.1 Å². The lowest BCUT2D eigenvalue weighted by Crippen LogP contribution is -2.40. The van der Waals surface area contributed by atoms with Crippen LogP contribution < -0.4 is 10.1 Å². The first kappa shape index (κ1) is 22.9. The number of carbonyl (C=O) groups excluding carboxylic acids is 1. The number of rotatable bonds is 7. The highest BCUT2D eigenvalue weighted by Crippen LogP contribution is 2.29. The van der Waals surface area contributed by atoms with Crippen LogP contribution in [0.4, 0.5) is 11.4 Å². The second-order valence-corrected chi connectivity index (χ2v) is 9.00. The van der Waals surface area contributed by atoms with Crippen molar-refractivity contribution in [2.45, 2.75) is 11.8 Å². The normalized spacial score (nSPS) is 14.8. The van der Waals surface area contributed by atoms with Crippen LogP contribution in [0.2, 0.25) is 5.02 Å². The molecule has 0 aromatic heterocycles. The number of nitrogens with one attached hydrogen (secondary N) is 1. The van der Waals surface area contributed by atoms with Gasteiger partial charge >= 0.3 is 0 Å². The number of nitro groups is 1. The fraction of sp³-hybridized carbons (Fsp3) is 0.316. The largest absolute Gasteiger partial charge is 0.482 e. The van der Waals surface area contributed by atoms with Crippen molar-refractivity contribution in [1.82, 2.24) is 4.31 Å². The molecule has 2 aromatic carbocycles. The molecule has 3 rings (SSSR count). The Morgan fingerprint density at radius 1 is 1.29 bits per heavy atom. The van der Waals surface area contributed by atoms with Crippen molar-refractivity contribution in [2.24, 2.45) is 0 Å². The number of hydrogen-bond acceptors (Lipinski definition) is 7. The van der Waals surface area contributed by atoms with E-state index >= 15 is 0 Å². The molecule has 0 saturated carbocycles. The molecule has 1 N–H and O–H groups in total. The molecule has 0 radical (unpaired) electrons. The predicted octanol–water partition coefficient (Wildman–Crippen LogP) is 2.60. The molecule has 2 aromatic rings. The quantitative estimate of drug-likeness (QED) is 0.487. The molecule has 10 nitrogen and oxygen atoms in total. The first-order valence-electron chi connectivity index (χ1n) is 9.24. The summed E-state index contributed by atoms with van der Waals surface area (Å²) in [5, 5.41) is 13.6. The minimum absolute atomic E-state index is 0.0171. The maximum Gasteiger partial charge on any atom is 0.274 e. The summed E-state index contributed by atoms with van der Waals surface area (Å²) in [4.78, 5) is 22.7. The summed E-state index contributed by atoms with van der Waals surface area (Å²) in [7, 11) is -3.71. The van der Waals surface area contributed by atoms with Gasteiger partial charge in [-0.05, 0) is 31.2 Å². The lowest BCUT2D eigenvalue weighted by Gasteiger charge is -2.26. The molecule has 0 bridgehead atoms. The Labute approximate surface area is 183 Å². The van der Waals surface area contributed by atoms with E-state index in [9.17, 15) is 23.3 Å². The van der Waals surface area contributed by atoms with E-state index in [1.165, 1.54) is 41.6 Å². The Morgan fingerprint density at radius 2 is 2.00 bits per heavy atom. The van der Waals surface area contributed by atoms with Crippen molar-refractivity contribution >= 4 is 38.9 Å². The smallest absolute Gasteiger partial charge is 0.274 e. The van der Waals surface area contributed by atoms with E-state index in [1.807, 2.05) is 0 Å². The molecule has 0 unspecified atom stereocenters. The van der Waals surface area contributed by atoms with Crippen LogP contribution in [-0.2, 0) is 19.6 Å². The van der Waals surface area contributed by atoms with E-state index in [-0.39, 0.29) is 34.4 Å². The van der Waals surface area contributed by atoms with Gasteiger partial charge in [0.2, 0.25) is 10.0 Å². The number of carbonyl (C=O) groups is 1. The molecule has 0 spiro atoms. The summed E-state index contributed by atoms with van der Waals surface area (Å²) in [5.41, 5.74) is 0.497. The topological polar surface area (TPSA) is 128 Å². The molecule has 0 aliphatic carbocycles. The van der Waals surface area contributed by atoms with Crippen LogP contribution in [0.3, 0.4) is 0 Å². The minimum atomic E-state index is -3.71. The summed E-state index contributed by atoms with van der Waals surface area (Å²) in [6.45, 7) is 2.28. The van der Waals surface area contributed by atoms with Gasteiger partial charge in [0.05, 0.1) is 39.3 Å². The number of nitrogens with zero attached hydrogens (tertiary/aromatic N) is 2. The van der Waals surface area contributed by atoms with E-state index in [0.29, 0.717) is 24.5 Å². The zero-order valence-electron chi connectivity index (χ0n) is 16.5. The van der Waals surface area contributed by atoms with Crippen molar-refractivity contribution in [2.75, 3.05) is 38.2 Å². The third kappa shape index (κ3) is 5.31. The molecule has 1 heterocycles. The molecule has 1 aliphatic heterocycles. The molecule has 166 valence electrons. The summed E-state index contributed by atoms with van der Waals surface area (Å²) >= 11 is 6.16. The van der Waals surface area contributed by atoms with Crippen LogP contribution in [0.25, 0.3) is 0 Å². The van der Waals surface area contributed by atoms with Gasteiger partial charge in [-0.25, -0.2) is 8.42 Å². The predicted molar refractivity (Wildman–Crippen MR) is 113 cm³/mol. The van der Waals surface area contributed by atoms with Crippen LogP contribution >= 0.6 is 11.6 Å². The van der Waals surface area contributed by atoms with Gasteiger partial charge < -0.3 is 14.8 Å². The third-order valence-corrected chi connectivity index (χ3v) is 6.84. The fourth-order valence-corrected chi connectivity index (χ4v) is 4.72. The zero-order valence-corrected chi connectivity index (χ0v) is 18.1. The highest BCUT2D eigenvalue weighted by atomic mass is 35.5. The average molecular weight is 470 g/mol. The number of halogens is 1. The molecule has 31 heavy (non-hydrogen) atoms. The van der Waals surface area contributed by atoms with E-state index in [0.717, 1.165) is 0 Å². The minimum Gasteiger partial charge on any atom is -0.482 e. The van der Waals surface area contributed by atoms with Gasteiger partial charge in [-0.3, -0.25) is 14.9 Å². The highest BCUT2D eigenvalue weighted by Gasteiger charge is 2.27. The molecule has 0 atom stereocenters. The number of morpholine rings is 1. The Morgan fingerprint density at radius 3 is 2.65 bits per heavy atom. The number of nitro benzene ring substituents is 1. The van der Waals surface area contributed by atoms with Crippen LogP contribution in [0.15, 0.2) is 41.3 Å². The maximum absolute atomic E-state index is 12.7. The summed E-state index contributed by atoms with van der Waals surface area (Å²) in [5.74, 6) is -0.418. The highest BCUT2D eigenvalue weighted by molar-refractivity contribution is 7.89. The Kier molecular flexibility index (Phi) is 7.11. The van der Waals surface area contributed by atoms with Crippen molar-refractivity contribution in [1.29, 1.82) is 0 Å². The first-order chi connectivity index (χ1) is 14.7. The molecule has 12 heteroatoms. The standard InChI is InChI=1S/C19H20ClN3O7S/c1-13-16(3-2-4-17(13)23(25)26)21-19(24)12-30-18-6-5-14(11-15(18)20)31(27,28)22-7-9-29-10-8-22/h2-6,11H,7-10,12H2,1H3,(H,21,24). The number of amides is 1. The lowest BCUT2D eigenvalue weighted by atomic mass is 10.1. The zero-order chi connectivity index (χ0) is 22.6. The average Bonchev–Trinajstić information content (AvgIpc) is 2.74. The van der Waals surface area contributed by atoms with Gasteiger partial charge in [0, 0.05) is 19.2 Å². The van der Waals surface area contributed by atoms with Crippen molar-refractivity contribution < 1.29 is 27.6 Å². The maximum atomic E-state index is 12.7. The van der Waals surface area contributed by atoms with Crippen LogP contribution in [0, 0.1) is 17.0 Å². The number of ether oxygens (including phenoxy) is 2. The number of hydrogen-bond donors (Lipinski definition) is 1. The molecule has 1 amide bonds. The second kappa shape index (κ2) is 9.60. The number of anilines is 1. The van der Waals surface area contributed by atoms with Gasteiger partial charge in [0.1, 0.15) is 5.75 Å². The SMILES string of the molecule is Cc1c(NC(=O)COc2ccc(S(=O)(=O)N3CCOCC3)cc2Cl)cccc1[N+](=O)[O-]. The van der Waals surface area contributed by atoms with Gasteiger partial charge in [0.15, 0.2) is 6.61 Å². The Bertz CT molecular complexity index is 1100. The van der Waals surface area contributed by atoms with Crippen LogP contribution in [0.1, 0.15) is 5.56 Å². The van der Waals surface area contributed by atoms with E-state index < -0.39 is 27.5 Å². The molecule has 1 saturated heterocycles. The van der Waals surface area contributed by atoms with E-state index in [2.05, 4.69) is 5.32 Å². The van der Waals surface area contributed by atoms with Crippen molar-refractivity contribution in [3.63, 3.8) is 0 Å². The number of benzene rings is 2. The number of sulfonamides is 1. The third-order valence-electron chi connectivity index (χ3n) is 4.65. The molecular weight excluding hydrogens is 450 g/mol. The fourth-order valence-electron chi connectivity index (χ4n) is 2.98. The molecule has 1 aliphatic rings. The van der Waals surface area contributed by atoms with Gasteiger partial charge in [0.25, 0.3) is 11.6 Å². The van der Waals surface area contributed by atoms with Gasteiger partial charge in [-0.15, -0.1) is 0 Å². The summed E-state index contributed by atoms with van der Waals surface area (Å²) in [6.07, 6.45) is 0. The molecule has 1 fully saturated rings. The molecular formula is C19H20ClN3O7S. The second-order valence-electron chi connectivity index (χ2n) is 6.65. The van der Waals surface area contributed by atoms with Gasteiger partial charge in [-0.1, -0.05) is 17.7 Å². The van der Waals surface area contributed by atoms with Crippen LogP contribution in [0.5, 0.6) is 5.75 Å². The van der Waals surface area contributed by atoms with Crippen LogP contribution in [-0.4, -0.2) is 56.5 Å². The van der Waals surface area contributed by atoms with Gasteiger partial charge in [-0.2, -0.15) is 4.31 Å². The summed E-state index contributed by atoms with van der Waals surface area (Å²) in [6, 6.07) is 8.35. The lowest BCUT2D eigenvalue weighted by molar-refractivity contribution is -0.385. The monoisotopic (exact) mass is 469 g/mol. The summed E-state index contributed by atoms with van der Waals surface area (Å²) < 4.78 is 37.3. The Hall–Kier alpha value is -2.73. The Balaban J connectivity index is 1.65. The van der Waals surface area contributed by atoms with E-state index in [4.69, 9.17) is 21.1 Å². The van der Waals surface area contributed by atoms with Crippen molar-refractivity contribution in [3.8, 4) is 5.75 Å². The first-order valence-corrected chi connectivity index (χ1v) is 11.1. The van der Waals surface area contributed by atoms with E-state index in [1.54, 1.807) is 6.07 Å².